The maximum Gasteiger partial charge on any atom is 0.258 e. The molecule has 3 aromatic rings. The number of carbonyl (C=O) groups is 3. The van der Waals surface area contributed by atoms with E-state index in [0.29, 0.717) is 43.4 Å². The minimum Gasteiger partial charge on any atom is -0.370 e. The molecule has 0 bridgehead atoms. The number of nitrogens with zero attached hydrogens (tertiary/aromatic N) is 3. The molecule has 0 unspecified atom stereocenters. The van der Waals surface area contributed by atoms with Gasteiger partial charge in [-0.05, 0) is 59.7 Å². The molecule has 11 nitrogen and oxygen atoms in total. The van der Waals surface area contributed by atoms with Crippen LogP contribution in [0.15, 0.2) is 71.6 Å². The summed E-state index contributed by atoms with van der Waals surface area (Å²) in [5, 5.41) is 9.38. The van der Waals surface area contributed by atoms with Crippen molar-refractivity contribution < 1.29 is 22.8 Å². The van der Waals surface area contributed by atoms with E-state index >= 15 is 0 Å². The van der Waals surface area contributed by atoms with Gasteiger partial charge in [-0.3, -0.25) is 24.7 Å². The fourth-order valence-corrected chi connectivity index (χ4v) is 7.43. The summed E-state index contributed by atoms with van der Waals surface area (Å²) in [6.45, 7) is 2.33. The number of rotatable bonds is 9. The normalized spacial score (nSPS) is 18.3. The van der Waals surface area contributed by atoms with E-state index in [4.69, 9.17) is 11.1 Å². The van der Waals surface area contributed by atoms with Crippen molar-refractivity contribution in [2.45, 2.75) is 36.9 Å². The monoisotopic (exact) mass is 590 g/mol. The van der Waals surface area contributed by atoms with E-state index in [1.807, 2.05) is 24.3 Å². The predicted molar refractivity (Wildman–Crippen MR) is 159 cm³/mol. The molecule has 0 aromatic heterocycles. The van der Waals surface area contributed by atoms with E-state index in [2.05, 4.69) is 4.72 Å². The number of benzene rings is 3. The van der Waals surface area contributed by atoms with E-state index in [1.54, 1.807) is 35.2 Å². The molecular formula is C30H34N6O5S. The lowest BCUT2D eigenvalue weighted by molar-refractivity contribution is -0.149. The molecule has 0 radical (unpaired) electrons. The maximum atomic E-state index is 14.1. The quantitative estimate of drug-likeness (QED) is 0.112. The number of para-hydroxylation sites is 1. The van der Waals surface area contributed by atoms with Crippen molar-refractivity contribution in [3.05, 3.63) is 72.3 Å². The number of nitrogens with one attached hydrogen (secondary N) is 2. The van der Waals surface area contributed by atoms with Crippen molar-refractivity contribution in [2.75, 3.05) is 31.1 Å². The number of anilines is 1. The molecule has 220 valence electrons. The zero-order valence-corrected chi connectivity index (χ0v) is 24.1. The number of piperidine rings is 1. The van der Waals surface area contributed by atoms with Crippen LogP contribution in [0.2, 0.25) is 0 Å². The molecule has 5 rings (SSSR count). The number of sulfonamides is 1. The van der Waals surface area contributed by atoms with Crippen LogP contribution in [0.1, 0.15) is 25.3 Å². The van der Waals surface area contributed by atoms with Gasteiger partial charge in [0.15, 0.2) is 12.2 Å². The van der Waals surface area contributed by atoms with Gasteiger partial charge >= 0.3 is 0 Å². The molecule has 1 amide bonds. The Morgan fingerprint density at radius 2 is 1.81 bits per heavy atom. The van der Waals surface area contributed by atoms with Crippen molar-refractivity contribution in [2.24, 2.45) is 11.7 Å². The Balaban J connectivity index is 1.66. The molecule has 1 saturated heterocycles. The van der Waals surface area contributed by atoms with Crippen molar-refractivity contribution in [1.29, 1.82) is 5.41 Å². The largest absolute Gasteiger partial charge is 0.370 e. The highest BCUT2D eigenvalue weighted by atomic mass is 32.2. The average molecular weight is 591 g/mol. The van der Waals surface area contributed by atoms with Gasteiger partial charge in [-0.25, -0.2) is 8.42 Å². The van der Waals surface area contributed by atoms with Crippen LogP contribution in [-0.4, -0.2) is 74.1 Å². The number of hydrogen-bond acceptors (Lipinski definition) is 7. The highest BCUT2D eigenvalue weighted by molar-refractivity contribution is 7.89. The highest BCUT2D eigenvalue weighted by Gasteiger charge is 2.55. The summed E-state index contributed by atoms with van der Waals surface area (Å²) in [4.78, 5) is 44.0. The third kappa shape index (κ3) is 5.35. The summed E-state index contributed by atoms with van der Waals surface area (Å²) in [5.41, 5.74) is 7.15. The van der Waals surface area contributed by atoms with Crippen LogP contribution in [-0.2, 0) is 30.8 Å². The Labute approximate surface area is 244 Å². The van der Waals surface area contributed by atoms with Crippen LogP contribution in [0.25, 0.3) is 10.8 Å². The lowest BCUT2D eigenvalue weighted by atomic mass is 9.96. The second-order valence-corrected chi connectivity index (χ2v) is 12.5. The Kier molecular flexibility index (Phi) is 8.02. The van der Waals surface area contributed by atoms with Gasteiger partial charge in [0.1, 0.15) is 0 Å². The van der Waals surface area contributed by atoms with Gasteiger partial charge in [-0.15, -0.1) is 0 Å². The Hall–Kier alpha value is -4.29. The molecule has 2 aliphatic rings. The number of aldehydes is 1. The van der Waals surface area contributed by atoms with Crippen LogP contribution < -0.4 is 15.4 Å². The van der Waals surface area contributed by atoms with E-state index in [1.165, 1.54) is 28.9 Å². The number of Topliss-reactive ketones (excluding diaryl/α,β-unsaturated/α-hetero) is 1. The zero-order valence-electron chi connectivity index (χ0n) is 23.3. The summed E-state index contributed by atoms with van der Waals surface area (Å²) < 4.78 is 30.9. The fourth-order valence-electron chi connectivity index (χ4n) is 6.09. The maximum absolute atomic E-state index is 14.1. The van der Waals surface area contributed by atoms with E-state index in [-0.39, 0.29) is 36.1 Å². The minimum atomic E-state index is -4.48. The van der Waals surface area contributed by atoms with Crippen molar-refractivity contribution >= 4 is 50.4 Å². The second kappa shape index (κ2) is 11.5. The highest BCUT2D eigenvalue weighted by Crippen LogP contribution is 2.37. The molecule has 0 saturated carbocycles. The standard InChI is InChI=1S/C30H34N6O5S/c1-21(38)36(19-22-7-6-15-34(18-22)29(31)32)30(28(39)20-37,35-16-14-24-9-4-5-11-27(24)35)33-42(40,41)26-13-12-23-8-2-3-10-25(23)17-26/h2-5,8-13,17,20,22,33H,6-7,14-16,18-19H2,1H3,(H3,31,32)/t22-,30-/m0/s1. The smallest absolute Gasteiger partial charge is 0.258 e. The van der Waals surface area contributed by atoms with Gasteiger partial charge in [-0.2, -0.15) is 4.72 Å². The topological polar surface area (TPSA) is 157 Å². The molecule has 2 heterocycles. The molecule has 2 atom stereocenters. The van der Waals surface area contributed by atoms with Crippen molar-refractivity contribution in [3.8, 4) is 0 Å². The van der Waals surface area contributed by atoms with Crippen LogP contribution in [0, 0.1) is 11.3 Å². The van der Waals surface area contributed by atoms with Crippen LogP contribution in [0.3, 0.4) is 0 Å². The summed E-state index contributed by atoms with van der Waals surface area (Å²) in [5.74, 6) is -4.42. The molecule has 0 aliphatic carbocycles. The molecule has 12 heteroatoms. The van der Waals surface area contributed by atoms with Gasteiger partial charge in [0.05, 0.1) is 4.90 Å². The molecule has 42 heavy (non-hydrogen) atoms. The number of nitrogens with two attached hydrogens (primary N) is 1. The van der Waals surface area contributed by atoms with Crippen LogP contribution in [0.5, 0.6) is 0 Å². The number of amides is 1. The number of carbonyl (C=O) groups excluding carboxylic acids is 3. The first-order chi connectivity index (χ1) is 20.1. The van der Waals surface area contributed by atoms with E-state index in [0.717, 1.165) is 10.9 Å². The van der Waals surface area contributed by atoms with E-state index < -0.39 is 27.5 Å². The summed E-state index contributed by atoms with van der Waals surface area (Å²) in [7, 11) is -4.48. The van der Waals surface area contributed by atoms with Crippen LogP contribution in [0.4, 0.5) is 5.69 Å². The van der Waals surface area contributed by atoms with Gasteiger partial charge < -0.3 is 15.5 Å². The summed E-state index contributed by atoms with van der Waals surface area (Å²) in [6, 6.07) is 19.1. The van der Waals surface area contributed by atoms with E-state index in [9.17, 15) is 22.8 Å². The Bertz CT molecular complexity index is 1660. The summed E-state index contributed by atoms with van der Waals surface area (Å²) in [6.07, 6.45) is 1.91. The third-order valence-corrected chi connectivity index (χ3v) is 9.54. The van der Waals surface area contributed by atoms with Crippen molar-refractivity contribution in [1.82, 2.24) is 14.5 Å². The molecule has 0 spiro atoms. The van der Waals surface area contributed by atoms with Gasteiger partial charge in [0.25, 0.3) is 11.6 Å². The van der Waals surface area contributed by atoms with Gasteiger partial charge in [-0.1, -0.05) is 48.5 Å². The fraction of sp³-hybridized carbons (Fsp3) is 0.333. The number of guanidine groups is 1. The second-order valence-electron chi connectivity index (χ2n) is 10.8. The molecule has 1 fully saturated rings. The average Bonchev–Trinajstić information content (AvgIpc) is 3.43. The molecular weight excluding hydrogens is 556 g/mol. The number of likely N-dealkylation sites (tertiary alicyclic amines) is 1. The Morgan fingerprint density at radius 3 is 2.52 bits per heavy atom. The first kappa shape index (κ1) is 29.2. The minimum absolute atomic E-state index is 0.0440. The number of ketones is 1. The zero-order chi connectivity index (χ0) is 30.1. The third-order valence-electron chi connectivity index (χ3n) is 8.11. The van der Waals surface area contributed by atoms with Crippen molar-refractivity contribution in [3.63, 3.8) is 0 Å². The summed E-state index contributed by atoms with van der Waals surface area (Å²) >= 11 is 0. The lowest BCUT2D eigenvalue weighted by Gasteiger charge is -2.49. The predicted octanol–water partition coefficient (Wildman–Crippen LogP) is 2.06. The first-order valence-corrected chi connectivity index (χ1v) is 15.3. The van der Waals surface area contributed by atoms with Gasteiger partial charge in [0.2, 0.25) is 15.9 Å². The SMILES string of the molecule is CC(=O)N(C[C@H]1CCCN(C(=N)N)C1)[C@](NS(=O)(=O)c1ccc2ccccc2c1)(C(=O)C=O)N1CCc2ccccc21. The Morgan fingerprint density at radius 1 is 1.10 bits per heavy atom. The number of fused-ring (bicyclic) bond motifs is 2. The molecule has 2 aliphatic heterocycles. The number of hydrogen-bond donors (Lipinski definition) is 3. The lowest BCUT2D eigenvalue weighted by Crippen LogP contribution is -2.76. The first-order valence-electron chi connectivity index (χ1n) is 13.8. The molecule has 3 aromatic carbocycles. The molecule has 4 N–H and O–H groups in total. The van der Waals surface area contributed by atoms with Gasteiger partial charge in [0, 0.05) is 38.8 Å². The van der Waals surface area contributed by atoms with Crippen LogP contribution >= 0.6 is 0 Å².